The highest BCUT2D eigenvalue weighted by molar-refractivity contribution is 5.86. The van der Waals surface area contributed by atoms with Crippen molar-refractivity contribution in [2.45, 2.75) is 0 Å². The third kappa shape index (κ3) is 2.65. The van der Waals surface area contributed by atoms with Crippen LogP contribution in [0.4, 0.5) is 0 Å². The van der Waals surface area contributed by atoms with Gasteiger partial charge in [0, 0.05) is 35.1 Å². The van der Waals surface area contributed by atoms with E-state index in [1.165, 1.54) is 0 Å². The van der Waals surface area contributed by atoms with E-state index in [9.17, 15) is 4.79 Å². The zero-order valence-electron chi connectivity index (χ0n) is 12.8. The van der Waals surface area contributed by atoms with Gasteiger partial charge >= 0.3 is 0 Å². The molecule has 0 saturated carbocycles. The van der Waals surface area contributed by atoms with Crippen molar-refractivity contribution < 1.29 is 4.74 Å². The summed E-state index contributed by atoms with van der Waals surface area (Å²) in [5.41, 5.74) is 2.27. The van der Waals surface area contributed by atoms with Gasteiger partial charge in [0.1, 0.15) is 5.75 Å². The lowest BCUT2D eigenvalue weighted by Gasteiger charge is -2.10. The summed E-state index contributed by atoms with van der Waals surface area (Å²) in [7, 11) is 0. The monoisotopic (exact) mass is 314 g/mol. The van der Waals surface area contributed by atoms with Gasteiger partial charge in [0.05, 0.1) is 5.52 Å². The average Bonchev–Trinajstić information content (AvgIpc) is 2.64. The second-order valence-corrected chi connectivity index (χ2v) is 5.38. The molecular weight excluding hydrogens is 300 g/mol. The van der Waals surface area contributed by atoms with E-state index >= 15 is 0 Å². The van der Waals surface area contributed by atoms with Crippen LogP contribution in [0.5, 0.6) is 11.5 Å². The van der Waals surface area contributed by atoms with Crippen molar-refractivity contribution >= 4 is 10.9 Å². The zero-order chi connectivity index (χ0) is 16.4. The molecule has 0 bridgehead atoms. The zero-order valence-corrected chi connectivity index (χ0v) is 12.8. The van der Waals surface area contributed by atoms with E-state index in [2.05, 4.69) is 9.97 Å². The summed E-state index contributed by atoms with van der Waals surface area (Å²) >= 11 is 0. The number of nitrogens with one attached hydrogen (secondary N) is 1. The lowest BCUT2D eigenvalue weighted by Crippen LogP contribution is -2.04. The summed E-state index contributed by atoms with van der Waals surface area (Å²) in [6.07, 6.45) is 3.40. The van der Waals surface area contributed by atoms with Crippen LogP contribution in [0.25, 0.3) is 22.2 Å². The summed E-state index contributed by atoms with van der Waals surface area (Å²) < 4.78 is 5.96. The van der Waals surface area contributed by atoms with Crippen LogP contribution in [-0.4, -0.2) is 9.97 Å². The maximum atomic E-state index is 12.5. The minimum absolute atomic E-state index is 0.0472. The number of aromatic amines is 1. The first-order valence-electron chi connectivity index (χ1n) is 7.60. The van der Waals surface area contributed by atoms with E-state index in [0.717, 1.165) is 17.0 Å². The third-order valence-corrected chi connectivity index (χ3v) is 3.79. The number of hydrogen-bond donors (Lipinski definition) is 1. The number of ether oxygens (including phenoxy) is 1. The summed E-state index contributed by atoms with van der Waals surface area (Å²) in [6, 6.07) is 20.3. The van der Waals surface area contributed by atoms with Crippen molar-refractivity contribution in [2.75, 3.05) is 0 Å². The van der Waals surface area contributed by atoms with Crippen molar-refractivity contribution in [3.05, 3.63) is 89.3 Å². The van der Waals surface area contributed by atoms with Gasteiger partial charge in [-0.05, 0) is 36.4 Å². The van der Waals surface area contributed by atoms with Crippen LogP contribution in [0, 0.1) is 0 Å². The number of hydrogen-bond acceptors (Lipinski definition) is 3. The molecule has 4 rings (SSSR count). The van der Waals surface area contributed by atoms with Crippen LogP contribution in [0.3, 0.4) is 0 Å². The molecule has 24 heavy (non-hydrogen) atoms. The van der Waals surface area contributed by atoms with Gasteiger partial charge in [0.15, 0.2) is 11.2 Å². The van der Waals surface area contributed by atoms with Crippen LogP contribution in [0.2, 0.25) is 0 Å². The van der Waals surface area contributed by atoms with Crippen LogP contribution < -0.4 is 10.2 Å². The van der Waals surface area contributed by atoms with Gasteiger partial charge in [-0.15, -0.1) is 0 Å². The Morgan fingerprint density at radius 3 is 2.46 bits per heavy atom. The lowest BCUT2D eigenvalue weighted by atomic mass is 10.1. The standard InChI is InChI=1S/C20H14N2O2/c23-18-13-17(14-9-11-21-12-10-14)22-20-16(18)7-4-8-19(20)24-15-5-2-1-3-6-15/h1-13H,(H,22,23). The van der Waals surface area contributed by atoms with Crippen molar-refractivity contribution in [3.63, 3.8) is 0 Å². The molecule has 0 fully saturated rings. The first-order valence-corrected chi connectivity index (χ1v) is 7.60. The average molecular weight is 314 g/mol. The highest BCUT2D eigenvalue weighted by Gasteiger charge is 2.09. The second kappa shape index (κ2) is 6.01. The molecule has 2 aromatic heterocycles. The Kier molecular flexibility index (Phi) is 3.56. The molecule has 0 spiro atoms. The molecule has 0 aliphatic rings. The Morgan fingerprint density at radius 2 is 1.67 bits per heavy atom. The second-order valence-electron chi connectivity index (χ2n) is 5.38. The van der Waals surface area contributed by atoms with Gasteiger partial charge in [0.25, 0.3) is 0 Å². The molecule has 0 aliphatic carbocycles. The Labute approximate surface area is 138 Å². The number of pyridine rings is 2. The SMILES string of the molecule is O=c1cc(-c2ccncc2)[nH]c2c(Oc3ccccc3)cccc12. The van der Waals surface area contributed by atoms with Crippen molar-refractivity contribution in [1.82, 2.24) is 9.97 Å². The molecule has 0 amide bonds. The number of rotatable bonds is 3. The fraction of sp³-hybridized carbons (Fsp3) is 0. The van der Waals surface area contributed by atoms with E-state index in [1.807, 2.05) is 54.6 Å². The number of H-pyrrole nitrogens is 1. The molecule has 116 valence electrons. The van der Waals surface area contributed by atoms with Crippen molar-refractivity contribution in [2.24, 2.45) is 0 Å². The Hall–Kier alpha value is -3.40. The predicted molar refractivity (Wildman–Crippen MR) is 94.3 cm³/mol. The van der Waals surface area contributed by atoms with Gasteiger partial charge in [-0.2, -0.15) is 0 Å². The summed E-state index contributed by atoms with van der Waals surface area (Å²) in [6.45, 7) is 0. The van der Waals surface area contributed by atoms with Crippen LogP contribution in [-0.2, 0) is 0 Å². The molecule has 2 aromatic carbocycles. The van der Waals surface area contributed by atoms with E-state index < -0.39 is 0 Å². The normalized spacial score (nSPS) is 10.7. The minimum atomic E-state index is -0.0472. The maximum Gasteiger partial charge on any atom is 0.190 e. The van der Waals surface area contributed by atoms with Crippen molar-refractivity contribution in [3.8, 4) is 22.8 Å². The van der Waals surface area contributed by atoms with Gasteiger partial charge in [-0.25, -0.2) is 0 Å². The summed E-state index contributed by atoms with van der Waals surface area (Å²) in [5.74, 6) is 1.34. The van der Waals surface area contributed by atoms with E-state index in [4.69, 9.17) is 4.74 Å². The number of para-hydroxylation sites is 2. The number of aromatic nitrogens is 2. The highest BCUT2D eigenvalue weighted by atomic mass is 16.5. The largest absolute Gasteiger partial charge is 0.455 e. The first-order chi connectivity index (χ1) is 11.8. The molecule has 0 atom stereocenters. The molecule has 0 aliphatic heterocycles. The predicted octanol–water partition coefficient (Wildman–Crippen LogP) is 4.38. The first kappa shape index (κ1) is 14.2. The van der Waals surface area contributed by atoms with Crippen LogP contribution >= 0.6 is 0 Å². The molecule has 1 N–H and O–H groups in total. The van der Waals surface area contributed by atoms with Gasteiger partial charge < -0.3 is 9.72 Å². The smallest absolute Gasteiger partial charge is 0.190 e. The molecule has 0 saturated heterocycles. The quantitative estimate of drug-likeness (QED) is 0.610. The molecule has 0 radical (unpaired) electrons. The van der Waals surface area contributed by atoms with E-state index in [-0.39, 0.29) is 5.43 Å². The number of fused-ring (bicyclic) bond motifs is 1. The molecule has 0 unspecified atom stereocenters. The number of nitrogens with zero attached hydrogens (tertiary/aromatic N) is 1. The highest BCUT2D eigenvalue weighted by Crippen LogP contribution is 2.28. The lowest BCUT2D eigenvalue weighted by molar-refractivity contribution is 0.487. The molecule has 4 aromatic rings. The number of benzene rings is 2. The van der Waals surface area contributed by atoms with E-state index in [0.29, 0.717) is 16.7 Å². The Bertz CT molecular complexity index is 1040. The summed E-state index contributed by atoms with van der Waals surface area (Å²) in [4.78, 5) is 19.8. The Balaban J connectivity index is 1.89. The van der Waals surface area contributed by atoms with Gasteiger partial charge in [-0.3, -0.25) is 9.78 Å². The minimum Gasteiger partial charge on any atom is -0.455 e. The molecule has 4 nitrogen and oxygen atoms in total. The third-order valence-electron chi connectivity index (χ3n) is 3.79. The maximum absolute atomic E-state index is 12.5. The summed E-state index contributed by atoms with van der Waals surface area (Å²) in [5, 5.41) is 0.598. The van der Waals surface area contributed by atoms with Gasteiger partial charge in [-0.1, -0.05) is 24.3 Å². The molecular formula is C20H14N2O2. The van der Waals surface area contributed by atoms with Gasteiger partial charge in [0.2, 0.25) is 0 Å². The Morgan fingerprint density at radius 1 is 0.875 bits per heavy atom. The molecule has 2 heterocycles. The van der Waals surface area contributed by atoms with Crippen LogP contribution in [0.15, 0.2) is 83.9 Å². The van der Waals surface area contributed by atoms with Crippen LogP contribution in [0.1, 0.15) is 0 Å². The molecule has 4 heteroatoms. The van der Waals surface area contributed by atoms with Crippen molar-refractivity contribution in [1.29, 1.82) is 0 Å². The fourth-order valence-electron chi connectivity index (χ4n) is 2.63. The topological polar surface area (TPSA) is 55.0 Å². The fourth-order valence-corrected chi connectivity index (χ4v) is 2.63. The van der Waals surface area contributed by atoms with E-state index in [1.54, 1.807) is 24.5 Å².